The summed E-state index contributed by atoms with van der Waals surface area (Å²) in [5, 5.41) is 36.6. The summed E-state index contributed by atoms with van der Waals surface area (Å²) in [6.45, 7) is -1.65. The Morgan fingerprint density at radius 1 is 0.763 bits per heavy atom. The maximum atomic E-state index is 12.7. The van der Waals surface area contributed by atoms with Gasteiger partial charge in [-0.2, -0.15) is 0 Å². The van der Waals surface area contributed by atoms with E-state index in [1.807, 2.05) is 24.3 Å². The monoisotopic (exact) mass is 525 g/mol. The van der Waals surface area contributed by atoms with Crippen molar-refractivity contribution >= 4 is 34.6 Å². The highest BCUT2D eigenvalue weighted by atomic mass is 16.4. The maximum absolute atomic E-state index is 12.7. The minimum atomic E-state index is -1.53. The Kier molecular flexibility index (Phi) is 9.93. The number of carbonyl (C=O) groups is 4. The van der Waals surface area contributed by atoms with Crippen LogP contribution < -0.4 is 21.7 Å². The van der Waals surface area contributed by atoms with E-state index in [4.69, 9.17) is 5.73 Å². The zero-order valence-corrected chi connectivity index (χ0v) is 20.5. The van der Waals surface area contributed by atoms with Crippen molar-refractivity contribution in [1.82, 2.24) is 20.9 Å². The van der Waals surface area contributed by atoms with E-state index in [1.54, 1.807) is 36.5 Å². The molecule has 0 aliphatic rings. The largest absolute Gasteiger partial charge is 0.480 e. The predicted molar refractivity (Wildman–Crippen MR) is 138 cm³/mol. The fraction of sp³-hybridized carbons (Fsp3) is 0.308. The van der Waals surface area contributed by atoms with Gasteiger partial charge in [-0.3, -0.25) is 14.4 Å². The maximum Gasteiger partial charge on any atom is 0.326 e. The number of fused-ring (bicyclic) bond motifs is 1. The molecule has 4 atom stereocenters. The fourth-order valence-corrected chi connectivity index (χ4v) is 3.89. The van der Waals surface area contributed by atoms with Gasteiger partial charge in [0.25, 0.3) is 0 Å². The second kappa shape index (κ2) is 13.3. The topological polar surface area (TPSA) is 207 Å². The second-order valence-corrected chi connectivity index (χ2v) is 8.75. The third kappa shape index (κ3) is 7.38. The number of aliphatic hydroxyl groups excluding tert-OH is 2. The number of benzene rings is 2. The molecule has 12 heteroatoms. The highest BCUT2D eigenvalue weighted by Crippen LogP contribution is 2.19. The number of aromatic amines is 1. The first-order valence-electron chi connectivity index (χ1n) is 11.9. The molecule has 0 bridgehead atoms. The van der Waals surface area contributed by atoms with Crippen molar-refractivity contribution in [3.05, 3.63) is 71.9 Å². The molecular weight excluding hydrogens is 494 g/mol. The van der Waals surface area contributed by atoms with Crippen LogP contribution in [0.4, 0.5) is 0 Å². The van der Waals surface area contributed by atoms with E-state index >= 15 is 0 Å². The molecule has 0 fully saturated rings. The lowest BCUT2D eigenvalue weighted by atomic mass is 10.0. The zero-order chi connectivity index (χ0) is 27.7. The van der Waals surface area contributed by atoms with E-state index in [0.717, 1.165) is 16.5 Å². The predicted octanol–water partition coefficient (Wildman–Crippen LogP) is -1.20. The molecule has 202 valence electrons. The normalized spacial score (nSPS) is 14.2. The molecule has 1 aromatic heterocycles. The van der Waals surface area contributed by atoms with E-state index < -0.39 is 61.1 Å². The van der Waals surface area contributed by atoms with Crippen LogP contribution in [0.3, 0.4) is 0 Å². The lowest BCUT2D eigenvalue weighted by Crippen LogP contribution is -2.59. The number of aliphatic hydroxyl groups is 2. The molecule has 9 N–H and O–H groups in total. The molecule has 0 aliphatic carbocycles. The van der Waals surface area contributed by atoms with Gasteiger partial charge in [-0.25, -0.2) is 4.79 Å². The van der Waals surface area contributed by atoms with Gasteiger partial charge in [-0.1, -0.05) is 48.5 Å². The molecular formula is C26H31N5O7. The van der Waals surface area contributed by atoms with E-state index in [9.17, 15) is 34.5 Å². The number of H-pyrrole nitrogens is 1. The standard InChI is InChI=1S/C26H31N5O7/c27-18(10-15-6-2-1-3-7-15)23(34)30-21(13-32)25(36)31-22(14-33)24(35)29-20(26(37)38)11-16-12-28-19-9-5-4-8-17(16)19/h1-9,12,18,20-22,28,32-33H,10-11,13-14,27H2,(H,29,35)(H,30,34)(H,31,36)(H,37,38). The number of rotatable bonds is 13. The van der Waals surface area contributed by atoms with Gasteiger partial charge in [-0.15, -0.1) is 0 Å². The summed E-state index contributed by atoms with van der Waals surface area (Å²) < 4.78 is 0. The quantitative estimate of drug-likeness (QED) is 0.136. The third-order valence-corrected chi connectivity index (χ3v) is 5.98. The van der Waals surface area contributed by atoms with Crippen molar-refractivity contribution in [3.8, 4) is 0 Å². The van der Waals surface area contributed by atoms with Crippen LogP contribution in [0.25, 0.3) is 10.9 Å². The molecule has 3 aromatic rings. The first kappa shape index (κ1) is 28.3. The average molecular weight is 526 g/mol. The summed E-state index contributed by atoms with van der Waals surface area (Å²) in [6.07, 6.45) is 1.79. The number of carbonyl (C=O) groups excluding carboxylic acids is 3. The molecule has 3 rings (SSSR count). The number of nitrogens with one attached hydrogen (secondary N) is 4. The van der Waals surface area contributed by atoms with Crippen LogP contribution in [-0.4, -0.2) is 81.4 Å². The Balaban J connectivity index is 1.59. The van der Waals surface area contributed by atoms with Gasteiger partial charge < -0.3 is 42.0 Å². The van der Waals surface area contributed by atoms with Gasteiger partial charge >= 0.3 is 5.97 Å². The van der Waals surface area contributed by atoms with E-state index in [2.05, 4.69) is 20.9 Å². The molecule has 0 saturated heterocycles. The van der Waals surface area contributed by atoms with Crippen molar-refractivity contribution in [2.45, 2.75) is 37.0 Å². The molecule has 3 amide bonds. The van der Waals surface area contributed by atoms with Gasteiger partial charge in [-0.05, 0) is 23.6 Å². The van der Waals surface area contributed by atoms with Gasteiger partial charge in [0.1, 0.15) is 18.1 Å². The number of para-hydroxylation sites is 1. The highest BCUT2D eigenvalue weighted by molar-refractivity contribution is 5.94. The minimum absolute atomic E-state index is 0.0498. The van der Waals surface area contributed by atoms with Crippen molar-refractivity contribution in [2.75, 3.05) is 13.2 Å². The first-order chi connectivity index (χ1) is 18.2. The molecule has 12 nitrogen and oxygen atoms in total. The van der Waals surface area contributed by atoms with E-state index in [0.29, 0.717) is 5.56 Å². The Labute approximate surface area is 218 Å². The van der Waals surface area contributed by atoms with Crippen LogP contribution in [0, 0.1) is 0 Å². The number of carboxylic acids is 1. The number of carboxylic acid groups (broad SMARTS) is 1. The van der Waals surface area contributed by atoms with Crippen molar-refractivity contribution in [2.24, 2.45) is 5.73 Å². The average Bonchev–Trinajstić information content (AvgIpc) is 3.32. The second-order valence-electron chi connectivity index (χ2n) is 8.75. The molecule has 0 aliphatic heterocycles. The van der Waals surface area contributed by atoms with Crippen LogP contribution in [0.15, 0.2) is 60.8 Å². The molecule has 1 heterocycles. The lowest BCUT2D eigenvalue weighted by molar-refractivity contribution is -0.142. The summed E-state index contributed by atoms with van der Waals surface area (Å²) in [4.78, 5) is 52.7. The van der Waals surface area contributed by atoms with Gasteiger partial charge in [0.15, 0.2) is 0 Å². The molecule has 0 saturated carbocycles. The van der Waals surface area contributed by atoms with Gasteiger partial charge in [0, 0.05) is 23.5 Å². The molecule has 4 unspecified atom stereocenters. The third-order valence-electron chi connectivity index (χ3n) is 5.98. The Hall–Kier alpha value is -4.26. The number of nitrogens with two attached hydrogens (primary N) is 1. The minimum Gasteiger partial charge on any atom is -0.480 e. The number of aromatic nitrogens is 1. The SMILES string of the molecule is NC(Cc1ccccc1)C(=O)NC(CO)C(=O)NC(CO)C(=O)NC(Cc1c[nH]c2ccccc12)C(=O)O. The van der Waals surface area contributed by atoms with Crippen LogP contribution >= 0.6 is 0 Å². The Bertz CT molecular complexity index is 1260. The summed E-state index contributed by atoms with van der Waals surface area (Å²) in [7, 11) is 0. The molecule has 0 spiro atoms. The summed E-state index contributed by atoms with van der Waals surface area (Å²) in [6, 6.07) is 10.9. The smallest absolute Gasteiger partial charge is 0.326 e. The van der Waals surface area contributed by atoms with Crippen molar-refractivity contribution in [1.29, 1.82) is 0 Å². The highest BCUT2D eigenvalue weighted by Gasteiger charge is 2.30. The zero-order valence-electron chi connectivity index (χ0n) is 20.5. The van der Waals surface area contributed by atoms with E-state index in [-0.39, 0.29) is 12.8 Å². The van der Waals surface area contributed by atoms with Crippen LogP contribution in [0.1, 0.15) is 11.1 Å². The number of hydrogen-bond donors (Lipinski definition) is 8. The number of hydrogen-bond acceptors (Lipinski definition) is 7. The molecule has 38 heavy (non-hydrogen) atoms. The summed E-state index contributed by atoms with van der Waals surface area (Å²) >= 11 is 0. The first-order valence-corrected chi connectivity index (χ1v) is 11.9. The summed E-state index contributed by atoms with van der Waals surface area (Å²) in [5.74, 6) is -3.90. The van der Waals surface area contributed by atoms with Crippen LogP contribution in [-0.2, 0) is 32.0 Å². The van der Waals surface area contributed by atoms with Gasteiger partial charge in [0.2, 0.25) is 17.7 Å². The molecule has 2 aromatic carbocycles. The van der Waals surface area contributed by atoms with Crippen LogP contribution in [0.5, 0.6) is 0 Å². The number of amides is 3. The van der Waals surface area contributed by atoms with Crippen LogP contribution in [0.2, 0.25) is 0 Å². The van der Waals surface area contributed by atoms with Crippen molar-refractivity contribution in [3.63, 3.8) is 0 Å². The molecule has 0 radical (unpaired) electrons. The summed E-state index contributed by atoms with van der Waals surface area (Å²) in [5.41, 5.74) is 8.18. The van der Waals surface area contributed by atoms with Crippen molar-refractivity contribution < 1.29 is 34.5 Å². The van der Waals surface area contributed by atoms with E-state index in [1.165, 1.54) is 0 Å². The number of aliphatic carboxylic acids is 1. The fourth-order valence-electron chi connectivity index (χ4n) is 3.89. The Morgan fingerprint density at radius 3 is 1.92 bits per heavy atom. The Morgan fingerprint density at radius 2 is 1.32 bits per heavy atom. The lowest BCUT2D eigenvalue weighted by Gasteiger charge is -2.23. The van der Waals surface area contributed by atoms with Gasteiger partial charge in [0.05, 0.1) is 19.3 Å².